The van der Waals surface area contributed by atoms with Gasteiger partial charge in [-0.05, 0) is 25.5 Å². The lowest BCUT2D eigenvalue weighted by Gasteiger charge is -2.17. The topological polar surface area (TPSA) is 62.1 Å². The maximum Gasteiger partial charge on any atom is 0.261 e. The van der Waals surface area contributed by atoms with E-state index in [0.29, 0.717) is 17.2 Å². The Balaban J connectivity index is 2.58. The molecule has 0 aromatic heterocycles. The maximum absolute atomic E-state index is 11.9. The molecule has 0 radical (unpaired) electrons. The van der Waals surface area contributed by atoms with Crippen molar-refractivity contribution in [1.29, 1.82) is 5.26 Å². The Morgan fingerprint density at radius 3 is 2.79 bits per heavy atom. The minimum atomic E-state index is -0.701. The Morgan fingerprint density at radius 2 is 2.21 bits per heavy atom. The molecule has 5 heteroatoms. The summed E-state index contributed by atoms with van der Waals surface area (Å²) >= 11 is 5.95. The number of amides is 1. The lowest BCUT2D eigenvalue weighted by atomic mass is 10.2. The van der Waals surface area contributed by atoms with Crippen molar-refractivity contribution >= 4 is 17.5 Å². The van der Waals surface area contributed by atoms with Crippen molar-refractivity contribution in [3.8, 4) is 11.8 Å². The van der Waals surface area contributed by atoms with Gasteiger partial charge < -0.3 is 10.1 Å². The van der Waals surface area contributed by atoms with Crippen LogP contribution in [0.15, 0.2) is 24.3 Å². The van der Waals surface area contributed by atoms with Crippen LogP contribution in [0.2, 0.25) is 5.02 Å². The van der Waals surface area contributed by atoms with Crippen molar-refractivity contribution in [1.82, 2.24) is 5.32 Å². The largest absolute Gasteiger partial charge is 0.479 e. The molecule has 0 aliphatic rings. The molecule has 4 nitrogen and oxygen atoms in total. The summed E-state index contributed by atoms with van der Waals surface area (Å²) in [7, 11) is 0. The van der Waals surface area contributed by atoms with Gasteiger partial charge in [0.1, 0.15) is 11.8 Å². The van der Waals surface area contributed by atoms with Crippen LogP contribution in [-0.4, -0.2) is 18.1 Å². The van der Waals surface area contributed by atoms with Crippen LogP contribution in [0.4, 0.5) is 0 Å². The van der Waals surface area contributed by atoms with Crippen molar-refractivity contribution in [2.75, 3.05) is 0 Å². The number of nitrogens with one attached hydrogen (secondary N) is 1. The van der Waals surface area contributed by atoms with E-state index in [2.05, 4.69) is 11.4 Å². The Morgan fingerprint density at radius 1 is 1.53 bits per heavy atom. The second-order valence-electron chi connectivity index (χ2n) is 4.17. The Bertz CT molecular complexity index is 471. The van der Waals surface area contributed by atoms with Crippen LogP contribution in [0.25, 0.3) is 0 Å². The first-order valence-electron chi connectivity index (χ1n) is 6.19. The summed E-state index contributed by atoms with van der Waals surface area (Å²) in [5.41, 5.74) is 0. The summed E-state index contributed by atoms with van der Waals surface area (Å²) in [6, 6.07) is 8.52. The number of nitrogens with zero attached hydrogens (tertiary/aromatic N) is 1. The number of rotatable bonds is 6. The third-order valence-electron chi connectivity index (χ3n) is 2.56. The van der Waals surface area contributed by atoms with E-state index < -0.39 is 12.1 Å². The number of hydrogen-bond acceptors (Lipinski definition) is 3. The highest BCUT2D eigenvalue weighted by Gasteiger charge is 2.19. The Kier molecular flexibility index (Phi) is 6.17. The predicted octanol–water partition coefficient (Wildman–Crippen LogP) is 2.92. The van der Waals surface area contributed by atoms with E-state index >= 15 is 0 Å². The van der Waals surface area contributed by atoms with E-state index in [9.17, 15) is 4.79 Å². The third-order valence-corrected chi connectivity index (χ3v) is 2.87. The fraction of sp³-hybridized carbons (Fsp3) is 0.429. The molecular weight excluding hydrogens is 264 g/mol. The van der Waals surface area contributed by atoms with Gasteiger partial charge in [-0.3, -0.25) is 4.79 Å². The molecule has 1 N–H and O–H groups in total. The van der Waals surface area contributed by atoms with Crippen molar-refractivity contribution in [2.45, 2.75) is 38.8 Å². The summed E-state index contributed by atoms with van der Waals surface area (Å²) in [5, 5.41) is 12.0. The molecule has 0 bridgehead atoms. The van der Waals surface area contributed by atoms with Gasteiger partial charge in [-0.2, -0.15) is 5.26 Å². The number of nitriles is 1. The molecule has 1 amide bonds. The summed E-state index contributed by atoms with van der Waals surface area (Å²) in [6.07, 6.45) is 0.756. The SMILES string of the molecule is CCC[C@@H](C#N)NC(=O)[C@H](C)Oc1ccccc1Cl. The first-order valence-corrected chi connectivity index (χ1v) is 6.57. The molecule has 1 rings (SSSR count). The lowest BCUT2D eigenvalue weighted by Crippen LogP contribution is -2.41. The molecule has 0 aliphatic carbocycles. The zero-order valence-corrected chi connectivity index (χ0v) is 11.8. The van der Waals surface area contributed by atoms with Crippen LogP contribution in [0.5, 0.6) is 5.75 Å². The van der Waals surface area contributed by atoms with Gasteiger partial charge in [0.05, 0.1) is 11.1 Å². The minimum absolute atomic E-state index is 0.320. The predicted molar refractivity (Wildman–Crippen MR) is 74.0 cm³/mol. The fourth-order valence-corrected chi connectivity index (χ4v) is 1.71. The van der Waals surface area contributed by atoms with Gasteiger partial charge in [-0.15, -0.1) is 0 Å². The molecule has 0 fully saturated rings. The van der Waals surface area contributed by atoms with Crippen LogP contribution in [-0.2, 0) is 4.79 Å². The number of benzene rings is 1. The number of halogens is 1. The van der Waals surface area contributed by atoms with Crippen LogP contribution < -0.4 is 10.1 Å². The molecule has 0 heterocycles. The molecule has 0 spiro atoms. The molecule has 102 valence electrons. The third kappa shape index (κ3) is 4.80. The molecule has 0 saturated heterocycles. The number of para-hydroxylation sites is 1. The van der Waals surface area contributed by atoms with Crippen molar-refractivity contribution < 1.29 is 9.53 Å². The average Bonchev–Trinajstić information content (AvgIpc) is 2.40. The van der Waals surface area contributed by atoms with Crippen molar-refractivity contribution in [3.05, 3.63) is 29.3 Å². The molecule has 2 atom stereocenters. The van der Waals surface area contributed by atoms with Crippen LogP contribution in [0.1, 0.15) is 26.7 Å². The van der Waals surface area contributed by atoms with E-state index in [-0.39, 0.29) is 5.91 Å². The average molecular weight is 281 g/mol. The molecule has 1 aromatic carbocycles. The first-order chi connectivity index (χ1) is 9.08. The van der Waals surface area contributed by atoms with E-state index in [0.717, 1.165) is 6.42 Å². The summed E-state index contributed by atoms with van der Waals surface area (Å²) in [4.78, 5) is 11.9. The van der Waals surface area contributed by atoms with E-state index in [1.165, 1.54) is 0 Å². The van der Waals surface area contributed by atoms with Gasteiger partial charge >= 0.3 is 0 Å². The molecule has 19 heavy (non-hydrogen) atoms. The van der Waals surface area contributed by atoms with Crippen LogP contribution in [0, 0.1) is 11.3 Å². The standard InChI is InChI=1S/C14H17ClN2O2/c1-3-6-11(9-16)17-14(18)10(2)19-13-8-5-4-7-12(13)15/h4-5,7-8,10-11H,3,6H2,1-2H3,(H,17,18)/t10-,11-/m0/s1. The first kappa shape index (κ1) is 15.3. The molecule has 1 aromatic rings. The highest BCUT2D eigenvalue weighted by atomic mass is 35.5. The second kappa shape index (κ2) is 7.65. The monoisotopic (exact) mass is 280 g/mol. The van der Waals surface area contributed by atoms with Gasteiger partial charge in [0.15, 0.2) is 6.10 Å². The molecular formula is C14H17ClN2O2. The van der Waals surface area contributed by atoms with Gasteiger partial charge in [-0.1, -0.05) is 37.1 Å². The number of hydrogen-bond donors (Lipinski definition) is 1. The van der Waals surface area contributed by atoms with Crippen molar-refractivity contribution in [3.63, 3.8) is 0 Å². The summed E-state index contributed by atoms with van der Waals surface area (Å²) in [5.74, 6) is 0.135. The Hall–Kier alpha value is -1.73. The van der Waals surface area contributed by atoms with Gasteiger partial charge in [0.25, 0.3) is 5.91 Å². The lowest BCUT2D eigenvalue weighted by molar-refractivity contribution is -0.127. The highest BCUT2D eigenvalue weighted by Crippen LogP contribution is 2.24. The normalized spacial score (nSPS) is 13.2. The van der Waals surface area contributed by atoms with Gasteiger partial charge in [0.2, 0.25) is 0 Å². The van der Waals surface area contributed by atoms with E-state index in [1.54, 1.807) is 31.2 Å². The summed E-state index contributed by atoms with van der Waals surface area (Å²) < 4.78 is 5.48. The van der Waals surface area contributed by atoms with Crippen molar-refractivity contribution in [2.24, 2.45) is 0 Å². The fourth-order valence-electron chi connectivity index (χ4n) is 1.53. The molecule has 0 unspecified atom stereocenters. The van der Waals surface area contributed by atoms with E-state index in [1.807, 2.05) is 6.92 Å². The number of carbonyl (C=O) groups excluding carboxylic acids is 1. The smallest absolute Gasteiger partial charge is 0.261 e. The number of ether oxygens (including phenoxy) is 1. The minimum Gasteiger partial charge on any atom is -0.479 e. The number of carbonyl (C=O) groups is 1. The quantitative estimate of drug-likeness (QED) is 0.871. The summed E-state index contributed by atoms with van der Waals surface area (Å²) in [6.45, 7) is 3.58. The van der Waals surface area contributed by atoms with Gasteiger partial charge in [-0.25, -0.2) is 0 Å². The highest BCUT2D eigenvalue weighted by molar-refractivity contribution is 6.32. The zero-order chi connectivity index (χ0) is 14.3. The second-order valence-corrected chi connectivity index (χ2v) is 4.58. The van der Waals surface area contributed by atoms with Gasteiger partial charge in [0, 0.05) is 0 Å². The van der Waals surface area contributed by atoms with Crippen LogP contribution >= 0.6 is 11.6 Å². The maximum atomic E-state index is 11.9. The van der Waals surface area contributed by atoms with Crippen LogP contribution in [0.3, 0.4) is 0 Å². The molecule has 0 aliphatic heterocycles. The Labute approximate surface area is 118 Å². The zero-order valence-electron chi connectivity index (χ0n) is 11.0. The molecule has 0 saturated carbocycles. The van der Waals surface area contributed by atoms with E-state index in [4.69, 9.17) is 21.6 Å².